The Balaban J connectivity index is 3.11. The van der Waals surface area contributed by atoms with Gasteiger partial charge in [0, 0.05) is 5.56 Å². The fraction of sp³-hybridized carbons (Fsp3) is 0.182. The maximum absolute atomic E-state index is 11.0. The number of carbonyl (C=O) groups is 3. The minimum atomic E-state index is -0.639. The number of anilines is 2. The highest BCUT2D eigenvalue weighted by atomic mass is 16.2. The van der Waals surface area contributed by atoms with Crippen LogP contribution in [0.3, 0.4) is 0 Å². The van der Waals surface area contributed by atoms with Gasteiger partial charge in [0.05, 0.1) is 24.5 Å². The van der Waals surface area contributed by atoms with Crippen LogP contribution in [-0.2, 0) is 9.59 Å². The molecule has 0 aliphatic heterocycles. The molecule has 8 heteroatoms. The predicted octanol–water partition coefficient (Wildman–Crippen LogP) is -1.86. The number of rotatable bonds is 6. The number of hydrogen-bond acceptors (Lipinski definition) is 5. The van der Waals surface area contributed by atoms with Crippen molar-refractivity contribution >= 4 is 29.1 Å². The van der Waals surface area contributed by atoms with Crippen LogP contribution in [0.25, 0.3) is 0 Å². The zero-order valence-corrected chi connectivity index (χ0v) is 10.1. The largest absolute Gasteiger partial charge is 0.397 e. The summed E-state index contributed by atoms with van der Waals surface area (Å²) in [6.07, 6.45) is 0. The smallest absolute Gasteiger partial charge is 0.248 e. The fourth-order valence-corrected chi connectivity index (χ4v) is 1.60. The van der Waals surface area contributed by atoms with Crippen LogP contribution in [0.5, 0.6) is 0 Å². The van der Waals surface area contributed by atoms with Gasteiger partial charge in [-0.25, -0.2) is 0 Å². The molecule has 0 bridgehead atoms. The van der Waals surface area contributed by atoms with E-state index < -0.39 is 17.7 Å². The summed E-state index contributed by atoms with van der Waals surface area (Å²) >= 11 is 0. The number of hydrogen-bond donors (Lipinski definition) is 4. The second-order valence-electron chi connectivity index (χ2n) is 3.93. The lowest BCUT2D eigenvalue weighted by Gasteiger charge is -2.23. The highest BCUT2D eigenvalue weighted by Crippen LogP contribution is 2.24. The second-order valence-corrected chi connectivity index (χ2v) is 3.93. The monoisotopic (exact) mass is 265 g/mol. The quantitative estimate of drug-likeness (QED) is 0.443. The molecule has 0 heterocycles. The molecule has 0 saturated heterocycles. The first-order chi connectivity index (χ1) is 8.81. The summed E-state index contributed by atoms with van der Waals surface area (Å²) in [4.78, 5) is 34.2. The first-order valence-corrected chi connectivity index (χ1v) is 5.32. The van der Waals surface area contributed by atoms with E-state index in [4.69, 9.17) is 22.9 Å². The van der Waals surface area contributed by atoms with E-state index in [1.54, 1.807) is 0 Å². The lowest BCUT2D eigenvalue weighted by molar-refractivity contribution is -0.117. The van der Waals surface area contributed by atoms with Crippen molar-refractivity contribution in [3.63, 3.8) is 0 Å². The maximum Gasteiger partial charge on any atom is 0.248 e. The predicted molar refractivity (Wildman–Crippen MR) is 70.0 cm³/mol. The molecular formula is C11H15N5O3. The molecule has 19 heavy (non-hydrogen) atoms. The van der Waals surface area contributed by atoms with Gasteiger partial charge in [0.1, 0.15) is 0 Å². The third-order valence-electron chi connectivity index (χ3n) is 2.35. The zero-order chi connectivity index (χ0) is 14.6. The van der Waals surface area contributed by atoms with E-state index in [1.165, 1.54) is 23.1 Å². The van der Waals surface area contributed by atoms with Crippen LogP contribution in [-0.4, -0.2) is 30.8 Å². The Hall–Kier alpha value is -2.77. The van der Waals surface area contributed by atoms with E-state index in [1.807, 2.05) is 0 Å². The van der Waals surface area contributed by atoms with Crippen LogP contribution in [0.4, 0.5) is 11.4 Å². The van der Waals surface area contributed by atoms with Gasteiger partial charge in [0.2, 0.25) is 17.7 Å². The molecular weight excluding hydrogens is 250 g/mol. The van der Waals surface area contributed by atoms with Gasteiger partial charge in [-0.15, -0.1) is 0 Å². The van der Waals surface area contributed by atoms with Crippen LogP contribution < -0.4 is 27.8 Å². The van der Waals surface area contributed by atoms with Gasteiger partial charge in [0.25, 0.3) is 0 Å². The Morgan fingerprint density at radius 2 is 1.53 bits per heavy atom. The standard InChI is InChI=1S/C11H15N5O3/c12-7-3-6(11(15)19)1-2-8(7)16(4-9(13)17)5-10(14)18/h1-3H,4-5,12H2,(H2,13,17)(H2,14,18)(H2,15,19). The summed E-state index contributed by atoms with van der Waals surface area (Å²) in [6.45, 7) is -0.438. The van der Waals surface area contributed by atoms with E-state index >= 15 is 0 Å². The molecule has 1 rings (SSSR count). The number of nitrogens with zero attached hydrogens (tertiary/aromatic N) is 1. The SMILES string of the molecule is NC(=O)CN(CC(N)=O)c1ccc(C(N)=O)cc1N. The minimum Gasteiger partial charge on any atom is -0.397 e. The average Bonchev–Trinajstić information content (AvgIpc) is 2.26. The number of amides is 3. The van der Waals surface area contributed by atoms with Crippen molar-refractivity contribution in [2.45, 2.75) is 0 Å². The number of primary amides is 3. The molecule has 0 spiro atoms. The van der Waals surface area contributed by atoms with Crippen LogP contribution in [0, 0.1) is 0 Å². The number of carbonyl (C=O) groups excluding carboxylic acids is 3. The topological polar surface area (TPSA) is 159 Å². The van der Waals surface area contributed by atoms with Gasteiger partial charge in [-0.1, -0.05) is 0 Å². The summed E-state index contributed by atoms with van der Waals surface area (Å²) in [5.41, 5.74) is 21.8. The van der Waals surface area contributed by atoms with E-state index in [2.05, 4.69) is 0 Å². The summed E-state index contributed by atoms with van der Waals surface area (Å²) in [5, 5.41) is 0. The summed E-state index contributed by atoms with van der Waals surface area (Å²) in [6, 6.07) is 4.26. The van der Waals surface area contributed by atoms with Gasteiger partial charge in [-0.3, -0.25) is 14.4 Å². The van der Waals surface area contributed by atoms with Crippen molar-refractivity contribution in [3.8, 4) is 0 Å². The Labute approximate surface area is 109 Å². The molecule has 102 valence electrons. The molecule has 1 aromatic carbocycles. The summed E-state index contributed by atoms with van der Waals surface area (Å²) in [7, 11) is 0. The highest BCUT2D eigenvalue weighted by Gasteiger charge is 2.15. The molecule has 0 unspecified atom stereocenters. The first kappa shape index (κ1) is 14.3. The number of nitrogens with two attached hydrogens (primary N) is 4. The Morgan fingerprint density at radius 3 is 1.89 bits per heavy atom. The Kier molecular flexibility index (Phi) is 4.30. The van der Waals surface area contributed by atoms with E-state index in [0.717, 1.165) is 0 Å². The lowest BCUT2D eigenvalue weighted by Crippen LogP contribution is -2.40. The van der Waals surface area contributed by atoms with Gasteiger partial charge < -0.3 is 27.8 Å². The first-order valence-electron chi connectivity index (χ1n) is 5.32. The lowest BCUT2D eigenvalue weighted by atomic mass is 10.1. The van der Waals surface area contributed by atoms with Gasteiger partial charge >= 0.3 is 0 Å². The molecule has 0 aliphatic carbocycles. The van der Waals surface area contributed by atoms with Crippen molar-refractivity contribution in [2.75, 3.05) is 23.7 Å². The molecule has 0 atom stereocenters. The molecule has 8 N–H and O–H groups in total. The molecule has 0 saturated carbocycles. The molecule has 0 radical (unpaired) electrons. The second kappa shape index (κ2) is 5.71. The van der Waals surface area contributed by atoms with Gasteiger partial charge in [-0.05, 0) is 18.2 Å². The fourth-order valence-electron chi connectivity index (χ4n) is 1.60. The Bertz CT molecular complexity index is 513. The molecule has 0 aromatic heterocycles. The maximum atomic E-state index is 11.0. The molecule has 3 amide bonds. The average molecular weight is 265 g/mol. The van der Waals surface area contributed by atoms with Gasteiger partial charge in [0.15, 0.2) is 0 Å². The van der Waals surface area contributed by atoms with Crippen molar-refractivity contribution in [1.29, 1.82) is 0 Å². The minimum absolute atomic E-state index is 0.193. The third-order valence-corrected chi connectivity index (χ3v) is 2.35. The molecule has 1 aromatic rings. The van der Waals surface area contributed by atoms with Crippen molar-refractivity contribution < 1.29 is 14.4 Å². The van der Waals surface area contributed by atoms with Crippen LogP contribution >= 0.6 is 0 Å². The van der Waals surface area contributed by atoms with E-state index in [-0.39, 0.29) is 24.3 Å². The Morgan fingerprint density at radius 1 is 1.00 bits per heavy atom. The van der Waals surface area contributed by atoms with Crippen molar-refractivity contribution in [2.24, 2.45) is 17.2 Å². The van der Waals surface area contributed by atoms with E-state index in [9.17, 15) is 14.4 Å². The normalized spacial score (nSPS) is 9.89. The van der Waals surface area contributed by atoms with Crippen molar-refractivity contribution in [1.82, 2.24) is 0 Å². The highest BCUT2D eigenvalue weighted by molar-refractivity contribution is 5.95. The van der Waals surface area contributed by atoms with Gasteiger partial charge in [-0.2, -0.15) is 0 Å². The zero-order valence-electron chi connectivity index (χ0n) is 10.1. The van der Waals surface area contributed by atoms with Crippen LogP contribution in [0.2, 0.25) is 0 Å². The molecule has 8 nitrogen and oxygen atoms in total. The number of nitrogen functional groups attached to an aromatic ring is 1. The van der Waals surface area contributed by atoms with Crippen LogP contribution in [0.15, 0.2) is 18.2 Å². The molecule has 0 aliphatic rings. The van der Waals surface area contributed by atoms with Crippen molar-refractivity contribution in [3.05, 3.63) is 23.8 Å². The van der Waals surface area contributed by atoms with E-state index in [0.29, 0.717) is 5.69 Å². The summed E-state index contributed by atoms with van der Waals surface area (Å²) in [5.74, 6) is -1.91. The third kappa shape index (κ3) is 3.87. The summed E-state index contributed by atoms with van der Waals surface area (Å²) < 4.78 is 0. The number of benzene rings is 1. The van der Waals surface area contributed by atoms with Crippen LogP contribution in [0.1, 0.15) is 10.4 Å². The molecule has 0 fully saturated rings.